The number of halogens is 1. The summed E-state index contributed by atoms with van der Waals surface area (Å²) < 4.78 is 9.85. The van der Waals surface area contributed by atoms with Crippen LogP contribution in [0.25, 0.3) is 0 Å². The summed E-state index contributed by atoms with van der Waals surface area (Å²) in [6, 6.07) is 4.46. The molecule has 7 heteroatoms. The van der Waals surface area contributed by atoms with Gasteiger partial charge >= 0.3 is 5.97 Å². The lowest BCUT2D eigenvalue weighted by atomic mass is 10.1. The maximum Gasteiger partial charge on any atom is 0.337 e. The van der Waals surface area contributed by atoms with Crippen LogP contribution in [0.15, 0.2) is 29.0 Å². The van der Waals surface area contributed by atoms with E-state index in [4.69, 9.17) is 16.0 Å². The van der Waals surface area contributed by atoms with Gasteiger partial charge in [0.25, 0.3) is 5.91 Å². The molecule has 1 heterocycles. The first-order valence-corrected chi connectivity index (χ1v) is 6.93. The van der Waals surface area contributed by atoms with E-state index in [1.807, 2.05) is 13.8 Å². The second-order valence-corrected chi connectivity index (χ2v) is 5.33. The van der Waals surface area contributed by atoms with Crippen LogP contribution >= 0.6 is 11.6 Å². The van der Waals surface area contributed by atoms with Gasteiger partial charge in [-0.05, 0) is 18.2 Å². The lowest BCUT2D eigenvalue weighted by Crippen LogP contribution is -2.15. The highest BCUT2D eigenvalue weighted by molar-refractivity contribution is 6.31. The van der Waals surface area contributed by atoms with Crippen molar-refractivity contribution in [2.24, 2.45) is 0 Å². The Bertz CT molecular complexity index is 709. The molecule has 1 amide bonds. The van der Waals surface area contributed by atoms with Gasteiger partial charge in [0.1, 0.15) is 5.76 Å². The van der Waals surface area contributed by atoms with Crippen LogP contribution in [0.3, 0.4) is 0 Å². The van der Waals surface area contributed by atoms with Crippen LogP contribution in [0.5, 0.6) is 0 Å². The first-order chi connectivity index (χ1) is 10.4. The third kappa shape index (κ3) is 3.46. The van der Waals surface area contributed by atoms with Crippen LogP contribution in [0, 0.1) is 0 Å². The van der Waals surface area contributed by atoms with Gasteiger partial charge in [-0.15, -0.1) is 0 Å². The predicted octanol–water partition coefficient (Wildman–Crippen LogP) is 3.49. The summed E-state index contributed by atoms with van der Waals surface area (Å²) in [6.07, 6.45) is 1.22. The van der Waals surface area contributed by atoms with E-state index in [2.05, 4.69) is 15.0 Å². The van der Waals surface area contributed by atoms with E-state index in [1.165, 1.54) is 31.7 Å². The molecule has 0 radical (unpaired) electrons. The number of amides is 1. The van der Waals surface area contributed by atoms with Crippen LogP contribution in [-0.4, -0.2) is 24.0 Å². The monoisotopic (exact) mass is 322 g/mol. The molecule has 2 aromatic rings. The fourth-order valence-electron chi connectivity index (χ4n) is 1.92. The van der Waals surface area contributed by atoms with Gasteiger partial charge < -0.3 is 14.5 Å². The number of anilines is 1. The van der Waals surface area contributed by atoms with Crippen LogP contribution in [0.1, 0.15) is 46.4 Å². The fraction of sp³-hybridized carbons (Fsp3) is 0.267. The second kappa shape index (κ2) is 6.62. The molecule has 0 spiro atoms. The summed E-state index contributed by atoms with van der Waals surface area (Å²) >= 11 is 5.95. The molecule has 22 heavy (non-hydrogen) atoms. The standard InChI is InChI=1S/C15H15ClN2O4/c1-8(2)13-12(17-7-22-13)14(19)18-11-5-9(15(20)21-3)4-10(16)6-11/h4-8H,1-3H3,(H,18,19). The van der Waals surface area contributed by atoms with Gasteiger partial charge in [-0.3, -0.25) is 4.79 Å². The molecule has 0 saturated heterocycles. The van der Waals surface area contributed by atoms with Gasteiger partial charge in [-0.1, -0.05) is 25.4 Å². The quantitative estimate of drug-likeness (QED) is 0.871. The normalized spacial score (nSPS) is 10.6. The van der Waals surface area contributed by atoms with Crippen molar-refractivity contribution in [1.29, 1.82) is 0 Å². The predicted molar refractivity (Wildman–Crippen MR) is 81.3 cm³/mol. The Morgan fingerprint density at radius 2 is 2.05 bits per heavy atom. The highest BCUT2D eigenvalue weighted by Gasteiger charge is 2.20. The topological polar surface area (TPSA) is 81.4 Å². The molecular weight excluding hydrogens is 308 g/mol. The Labute approximate surface area is 132 Å². The maximum atomic E-state index is 12.3. The molecule has 0 saturated carbocycles. The third-order valence-corrected chi connectivity index (χ3v) is 3.13. The summed E-state index contributed by atoms with van der Waals surface area (Å²) in [7, 11) is 1.27. The van der Waals surface area contributed by atoms with Crippen molar-refractivity contribution in [3.8, 4) is 0 Å². The number of nitrogens with zero attached hydrogens (tertiary/aromatic N) is 1. The zero-order chi connectivity index (χ0) is 16.3. The van der Waals surface area contributed by atoms with E-state index in [9.17, 15) is 9.59 Å². The molecule has 1 aromatic heterocycles. The SMILES string of the molecule is COC(=O)c1cc(Cl)cc(NC(=O)c2ncoc2C(C)C)c1. The number of oxazole rings is 1. The van der Waals surface area contributed by atoms with E-state index < -0.39 is 11.9 Å². The zero-order valence-corrected chi connectivity index (χ0v) is 13.1. The van der Waals surface area contributed by atoms with E-state index in [-0.39, 0.29) is 17.2 Å². The van der Waals surface area contributed by atoms with Gasteiger partial charge in [-0.2, -0.15) is 0 Å². The number of carbonyl (C=O) groups is 2. The van der Waals surface area contributed by atoms with Crippen molar-refractivity contribution < 1.29 is 18.7 Å². The molecule has 0 bridgehead atoms. The van der Waals surface area contributed by atoms with Crippen LogP contribution in [0.4, 0.5) is 5.69 Å². The number of aromatic nitrogens is 1. The summed E-state index contributed by atoms with van der Waals surface area (Å²) in [5.74, 6) is -0.459. The minimum Gasteiger partial charge on any atom is -0.465 e. The number of carbonyl (C=O) groups excluding carboxylic acids is 2. The van der Waals surface area contributed by atoms with Crippen LogP contribution in [-0.2, 0) is 4.74 Å². The van der Waals surface area contributed by atoms with E-state index in [1.54, 1.807) is 0 Å². The van der Waals surface area contributed by atoms with Gasteiger partial charge in [-0.25, -0.2) is 9.78 Å². The smallest absolute Gasteiger partial charge is 0.337 e. The Morgan fingerprint density at radius 1 is 1.32 bits per heavy atom. The molecule has 6 nitrogen and oxygen atoms in total. The highest BCUT2D eigenvalue weighted by atomic mass is 35.5. The summed E-state index contributed by atoms with van der Waals surface area (Å²) in [5.41, 5.74) is 0.819. The van der Waals surface area contributed by atoms with E-state index >= 15 is 0 Å². The average molecular weight is 323 g/mol. The molecule has 2 rings (SSSR count). The van der Waals surface area contributed by atoms with Crippen molar-refractivity contribution in [2.75, 3.05) is 12.4 Å². The van der Waals surface area contributed by atoms with Crippen molar-refractivity contribution >= 4 is 29.2 Å². The highest BCUT2D eigenvalue weighted by Crippen LogP contribution is 2.22. The minimum atomic E-state index is -0.540. The Hall–Kier alpha value is -2.34. The number of hydrogen-bond acceptors (Lipinski definition) is 5. The summed E-state index contributed by atoms with van der Waals surface area (Å²) in [5, 5.41) is 2.95. The molecule has 0 aliphatic carbocycles. The molecule has 0 fully saturated rings. The molecular formula is C15H15ClN2O4. The number of benzene rings is 1. The van der Waals surface area contributed by atoms with Crippen molar-refractivity contribution in [3.63, 3.8) is 0 Å². The van der Waals surface area contributed by atoms with Gasteiger partial charge in [0.15, 0.2) is 12.1 Å². The number of esters is 1. The van der Waals surface area contributed by atoms with Gasteiger partial charge in [0, 0.05) is 16.6 Å². The van der Waals surface area contributed by atoms with E-state index in [0.29, 0.717) is 16.5 Å². The fourth-order valence-corrected chi connectivity index (χ4v) is 2.16. The van der Waals surface area contributed by atoms with Gasteiger partial charge in [0.2, 0.25) is 0 Å². The Kier molecular flexibility index (Phi) is 4.82. The number of ether oxygens (including phenoxy) is 1. The summed E-state index contributed by atoms with van der Waals surface area (Å²) in [6.45, 7) is 3.79. The van der Waals surface area contributed by atoms with E-state index in [0.717, 1.165) is 0 Å². The number of rotatable bonds is 4. The van der Waals surface area contributed by atoms with Crippen LogP contribution in [0.2, 0.25) is 5.02 Å². The minimum absolute atomic E-state index is 0.0215. The first kappa shape index (κ1) is 16.0. The second-order valence-electron chi connectivity index (χ2n) is 4.89. The van der Waals surface area contributed by atoms with Crippen LogP contribution < -0.4 is 5.32 Å². The molecule has 0 atom stereocenters. The molecule has 1 N–H and O–H groups in total. The molecule has 1 aromatic carbocycles. The molecule has 0 aliphatic heterocycles. The van der Waals surface area contributed by atoms with Crippen molar-refractivity contribution in [3.05, 3.63) is 46.6 Å². The number of hydrogen-bond donors (Lipinski definition) is 1. The molecule has 0 aliphatic rings. The zero-order valence-electron chi connectivity index (χ0n) is 12.3. The maximum absolute atomic E-state index is 12.3. The lowest BCUT2D eigenvalue weighted by Gasteiger charge is -2.08. The van der Waals surface area contributed by atoms with Crippen molar-refractivity contribution in [1.82, 2.24) is 4.98 Å². The molecule has 0 unspecified atom stereocenters. The third-order valence-electron chi connectivity index (χ3n) is 2.91. The summed E-state index contributed by atoms with van der Waals surface area (Å²) in [4.78, 5) is 27.8. The van der Waals surface area contributed by atoms with Crippen molar-refractivity contribution in [2.45, 2.75) is 19.8 Å². The van der Waals surface area contributed by atoms with Gasteiger partial charge in [0.05, 0.1) is 12.7 Å². The Morgan fingerprint density at radius 3 is 2.68 bits per heavy atom. The first-order valence-electron chi connectivity index (χ1n) is 6.56. The number of methoxy groups -OCH3 is 1. The average Bonchev–Trinajstić information content (AvgIpc) is 2.95. The lowest BCUT2D eigenvalue weighted by molar-refractivity contribution is 0.0600. The Balaban J connectivity index is 2.27. The number of nitrogens with one attached hydrogen (secondary N) is 1. The molecule has 116 valence electrons. The largest absolute Gasteiger partial charge is 0.465 e.